The van der Waals surface area contributed by atoms with Crippen LogP contribution in [0, 0.1) is 5.41 Å². The first kappa shape index (κ1) is 13.0. The summed E-state index contributed by atoms with van der Waals surface area (Å²) in [4.78, 5) is 2.28. The molecule has 0 saturated carbocycles. The molecule has 21 heavy (non-hydrogen) atoms. The predicted molar refractivity (Wildman–Crippen MR) is 84.6 cm³/mol. The first-order valence-corrected chi connectivity index (χ1v) is 7.59. The summed E-state index contributed by atoms with van der Waals surface area (Å²) in [6.45, 7) is 5.59. The second-order valence-electron chi connectivity index (χ2n) is 7.26. The van der Waals surface area contributed by atoms with Gasteiger partial charge < -0.3 is 0 Å². The van der Waals surface area contributed by atoms with Crippen LogP contribution >= 0.6 is 0 Å². The van der Waals surface area contributed by atoms with Gasteiger partial charge in [-0.05, 0) is 52.6 Å². The molecule has 0 spiro atoms. The van der Waals surface area contributed by atoms with Crippen LogP contribution < -0.4 is 10.4 Å². The molecule has 108 valence electrons. The summed E-state index contributed by atoms with van der Waals surface area (Å²) in [6, 6.07) is 8.23. The largest absolute Gasteiger partial charge is 0.296 e. The van der Waals surface area contributed by atoms with Crippen molar-refractivity contribution >= 4 is 11.6 Å². The number of benzene rings is 1. The van der Waals surface area contributed by atoms with Gasteiger partial charge in [-0.15, -0.1) is 0 Å². The second kappa shape index (κ2) is 4.17. The molecule has 2 heteroatoms. The molecule has 1 unspecified atom stereocenters. The number of likely N-dealkylation sites (tertiary alicyclic amines) is 1. The third-order valence-corrected chi connectivity index (χ3v) is 4.87. The maximum Gasteiger partial charge on any atom is 0.129 e. The van der Waals surface area contributed by atoms with Gasteiger partial charge in [-0.2, -0.15) is 0 Å². The van der Waals surface area contributed by atoms with Crippen molar-refractivity contribution in [2.75, 3.05) is 13.6 Å². The van der Waals surface area contributed by atoms with Gasteiger partial charge in [0.05, 0.1) is 6.04 Å². The molecule has 0 radical (unpaired) electrons. The molecular formula is C19H20FN. The smallest absolute Gasteiger partial charge is 0.129 e. The van der Waals surface area contributed by atoms with Crippen molar-refractivity contribution in [3.05, 3.63) is 57.8 Å². The zero-order valence-electron chi connectivity index (χ0n) is 12.8. The lowest BCUT2D eigenvalue weighted by Crippen LogP contribution is -2.46. The Morgan fingerprint density at radius 2 is 2.00 bits per heavy atom. The van der Waals surface area contributed by atoms with Crippen LogP contribution in [0.15, 0.2) is 47.3 Å². The van der Waals surface area contributed by atoms with Crippen molar-refractivity contribution in [1.29, 1.82) is 0 Å². The monoisotopic (exact) mass is 281 g/mol. The highest BCUT2D eigenvalue weighted by Crippen LogP contribution is 2.44. The van der Waals surface area contributed by atoms with Crippen LogP contribution in [0.4, 0.5) is 4.39 Å². The van der Waals surface area contributed by atoms with E-state index in [0.717, 1.165) is 34.5 Å². The SMILES string of the molecule is CN1CC(C)(C)CC2=C3C=c4ccccc4=C3C(F)=CC21. The van der Waals surface area contributed by atoms with E-state index >= 15 is 0 Å². The normalized spacial score (nSPS) is 26.8. The quantitative estimate of drug-likeness (QED) is 0.706. The van der Waals surface area contributed by atoms with Crippen molar-refractivity contribution in [2.45, 2.75) is 26.3 Å². The predicted octanol–water partition coefficient (Wildman–Crippen LogP) is 2.53. The summed E-state index contributed by atoms with van der Waals surface area (Å²) in [5, 5.41) is 2.18. The van der Waals surface area contributed by atoms with Crippen LogP contribution in [0.5, 0.6) is 0 Å². The Balaban J connectivity index is 2.01. The van der Waals surface area contributed by atoms with Crippen molar-refractivity contribution in [3.8, 4) is 0 Å². The first-order valence-electron chi connectivity index (χ1n) is 7.59. The van der Waals surface area contributed by atoms with Gasteiger partial charge in [0.2, 0.25) is 0 Å². The van der Waals surface area contributed by atoms with Crippen LogP contribution in [0.1, 0.15) is 20.3 Å². The van der Waals surface area contributed by atoms with Gasteiger partial charge in [0.15, 0.2) is 0 Å². The Hall–Kier alpha value is -1.67. The molecule has 1 fully saturated rings. The highest BCUT2D eigenvalue weighted by atomic mass is 19.1. The van der Waals surface area contributed by atoms with E-state index in [1.807, 2.05) is 18.2 Å². The van der Waals surface area contributed by atoms with E-state index in [4.69, 9.17) is 0 Å². The van der Waals surface area contributed by atoms with Crippen LogP contribution in [0.2, 0.25) is 0 Å². The van der Waals surface area contributed by atoms with E-state index in [2.05, 4.69) is 37.9 Å². The number of likely N-dealkylation sites (N-methyl/N-ethyl adjacent to an activating group) is 1. The lowest BCUT2D eigenvalue weighted by molar-refractivity contribution is 0.150. The molecule has 0 amide bonds. The number of fused-ring (bicyclic) bond motifs is 3. The van der Waals surface area contributed by atoms with Gasteiger partial charge in [-0.1, -0.05) is 38.1 Å². The van der Waals surface area contributed by atoms with E-state index < -0.39 is 0 Å². The Morgan fingerprint density at radius 1 is 1.24 bits per heavy atom. The zero-order chi connectivity index (χ0) is 14.8. The summed E-state index contributed by atoms with van der Waals surface area (Å²) in [6.07, 6.45) is 5.02. The summed E-state index contributed by atoms with van der Waals surface area (Å²) in [5.74, 6) is -0.0634. The average Bonchev–Trinajstić information content (AvgIpc) is 2.80. The molecule has 0 aromatic heterocycles. The number of hydrogen-bond donors (Lipinski definition) is 0. The van der Waals surface area contributed by atoms with Crippen LogP contribution in [0.25, 0.3) is 11.6 Å². The summed E-state index contributed by atoms with van der Waals surface area (Å²) in [7, 11) is 2.10. The number of nitrogens with zero attached hydrogens (tertiary/aromatic N) is 1. The van der Waals surface area contributed by atoms with Gasteiger partial charge in [-0.25, -0.2) is 4.39 Å². The Bertz CT molecular complexity index is 810. The van der Waals surface area contributed by atoms with E-state index in [-0.39, 0.29) is 17.3 Å². The summed E-state index contributed by atoms with van der Waals surface area (Å²) in [5.41, 5.74) is 3.55. The minimum absolute atomic E-state index is 0.0634. The fraction of sp³-hybridized carbons (Fsp3) is 0.368. The zero-order valence-corrected chi connectivity index (χ0v) is 12.8. The van der Waals surface area contributed by atoms with Gasteiger partial charge in [0.1, 0.15) is 5.83 Å². The van der Waals surface area contributed by atoms with Gasteiger partial charge in [0.25, 0.3) is 0 Å². The highest BCUT2D eigenvalue weighted by molar-refractivity contribution is 5.92. The Kier molecular flexibility index (Phi) is 2.59. The average molecular weight is 281 g/mol. The summed E-state index contributed by atoms with van der Waals surface area (Å²) >= 11 is 0. The number of halogens is 1. The third kappa shape index (κ3) is 1.86. The molecule has 1 aromatic rings. The molecule has 1 nitrogen and oxygen atoms in total. The number of hydrogen-bond acceptors (Lipinski definition) is 1. The third-order valence-electron chi connectivity index (χ3n) is 4.87. The molecular weight excluding hydrogens is 261 g/mol. The molecule has 1 aromatic carbocycles. The fourth-order valence-corrected chi connectivity index (χ4v) is 4.15. The van der Waals surface area contributed by atoms with Crippen LogP contribution in [-0.4, -0.2) is 24.5 Å². The molecule has 3 aliphatic rings. The lowest BCUT2D eigenvalue weighted by Gasteiger charge is -2.44. The highest BCUT2D eigenvalue weighted by Gasteiger charge is 2.38. The van der Waals surface area contributed by atoms with Crippen LogP contribution in [0.3, 0.4) is 0 Å². The minimum atomic E-state index is -0.0634. The topological polar surface area (TPSA) is 3.24 Å². The molecule has 1 atom stereocenters. The molecule has 4 rings (SSSR count). The minimum Gasteiger partial charge on any atom is -0.296 e. The fourth-order valence-electron chi connectivity index (χ4n) is 4.15. The second-order valence-corrected chi connectivity index (χ2v) is 7.26. The number of rotatable bonds is 0. The van der Waals surface area contributed by atoms with Gasteiger partial charge >= 0.3 is 0 Å². The van der Waals surface area contributed by atoms with Crippen molar-refractivity contribution in [2.24, 2.45) is 5.41 Å². The van der Waals surface area contributed by atoms with Crippen molar-refractivity contribution < 1.29 is 4.39 Å². The number of piperidine rings is 1. The van der Waals surface area contributed by atoms with Crippen molar-refractivity contribution in [3.63, 3.8) is 0 Å². The molecule has 1 heterocycles. The summed E-state index contributed by atoms with van der Waals surface area (Å²) < 4.78 is 14.7. The van der Waals surface area contributed by atoms with E-state index in [9.17, 15) is 4.39 Å². The number of allylic oxidation sites excluding steroid dienone is 2. The molecule has 0 N–H and O–H groups in total. The Morgan fingerprint density at radius 3 is 2.81 bits per heavy atom. The van der Waals surface area contributed by atoms with Crippen LogP contribution in [-0.2, 0) is 0 Å². The van der Waals surface area contributed by atoms with Crippen molar-refractivity contribution in [1.82, 2.24) is 4.90 Å². The van der Waals surface area contributed by atoms with Gasteiger partial charge in [-0.3, -0.25) is 4.90 Å². The van der Waals surface area contributed by atoms with E-state index in [1.165, 1.54) is 5.57 Å². The standard InChI is InChI=1S/C19H20FN/c1-19(2)10-15-14-8-12-6-4-5-7-13(12)18(14)16(20)9-17(15)21(3)11-19/h4-9,17H,10-11H2,1-3H3. The molecule has 1 saturated heterocycles. The maximum atomic E-state index is 14.7. The van der Waals surface area contributed by atoms with E-state index in [1.54, 1.807) is 6.08 Å². The first-order chi connectivity index (χ1) is 9.96. The molecule has 0 bridgehead atoms. The van der Waals surface area contributed by atoms with E-state index in [0.29, 0.717) is 0 Å². The molecule has 1 aliphatic heterocycles. The maximum absolute atomic E-state index is 14.7. The molecule has 2 aliphatic carbocycles. The Labute approximate surface area is 124 Å². The van der Waals surface area contributed by atoms with Gasteiger partial charge in [0, 0.05) is 12.1 Å². The lowest BCUT2D eigenvalue weighted by atomic mass is 9.74.